The fraction of sp³-hybridized carbons (Fsp3) is 0.354. The number of nitrogens with zero attached hydrogens (tertiary/aromatic N) is 6. The average molecular weight is 1280 g/mol. The monoisotopic (exact) mass is 1280 g/mol. The van der Waals surface area contributed by atoms with Gasteiger partial charge in [0.1, 0.15) is 23.3 Å². The van der Waals surface area contributed by atoms with Crippen LogP contribution in [0.2, 0.25) is 10.0 Å². The summed E-state index contributed by atoms with van der Waals surface area (Å²) in [4.78, 5) is 72.7. The van der Waals surface area contributed by atoms with Gasteiger partial charge in [-0.05, 0) is 101 Å². The van der Waals surface area contributed by atoms with Gasteiger partial charge in [0, 0.05) is 42.0 Å². The van der Waals surface area contributed by atoms with Gasteiger partial charge in [0.25, 0.3) is 5.56 Å². The molecule has 3 aliphatic rings. The number of carboxylic acids is 1. The lowest BCUT2D eigenvalue weighted by Crippen LogP contribution is -2.29. The molecule has 5 heterocycles. The van der Waals surface area contributed by atoms with Crippen LogP contribution >= 0.6 is 23.2 Å². The normalized spacial score (nSPS) is 14.0. The number of rotatable bonds is 14. The molecule has 0 aliphatic carbocycles. The number of fused-ring (bicyclic) bond motifs is 1. The lowest BCUT2D eigenvalue weighted by atomic mass is 9.82. The van der Waals surface area contributed by atoms with Crippen molar-refractivity contribution in [2.24, 2.45) is 22.8 Å². The van der Waals surface area contributed by atoms with Crippen LogP contribution in [0.1, 0.15) is 120 Å². The van der Waals surface area contributed by atoms with E-state index in [4.69, 9.17) is 56.9 Å². The molecule has 10 rings (SSSR count). The van der Waals surface area contributed by atoms with Crippen LogP contribution in [-0.4, -0.2) is 113 Å². The predicted octanol–water partition coefficient (Wildman–Crippen LogP) is 10.9. The van der Waals surface area contributed by atoms with Crippen molar-refractivity contribution in [2.45, 2.75) is 105 Å². The molecule has 7 aromatic rings. The second kappa shape index (κ2) is 29.2. The molecule has 2 N–H and O–H groups in total. The number of methoxy groups -OCH3 is 1. The van der Waals surface area contributed by atoms with Crippen LogP contribution in [0.25, 0.3) is 11.1 Å². The molecule has 0 atom stereocenters. The van der Waals surface area contributed by atoms with Gasteiger partial charge in [0.15, 0.2) is 32.7 Å². The summed E-state index contributed by atoms with van der Waals surface area (Å²) in [6.07, 6.45) is 4.79. The standard InChI is InChI=1S/C23H32N2O4.C18H17NO3.C16H17N3O5S.C8H6Cl2O3/c1-7-16-13-15(3)14-17(8-2)18(16)19-20(26)24-9-11-28-12-10-25(24)21(19)29-22(27)23(4,5)6;1-2-21-17(20)16-13-18(22-19-16,14-9-5-3-6-10-14)15-11-7-4-8-12-15;1-9-10(15(20)11-8-17-19(2)16(11)21)4-5-13(25(3,22)23)14(9)12-6-7-24-18-12;1-13-7-5(10)3-2-4(9)6(7)8(11)12/h13-14H,7-12H2,1-6H3;3-12H,2,13H2,1H3;4-5,8,21H,6-7H2,1-3H3;2-3H,1H3,(H,11,12). The minimum atomic E-state index is -3.52. The van der Waals surface area contributed by atoms with Gasteiger partial charge in [-0.3, -0.25) is 14.4 Å². The quantitative estimate of drug-likeness (QED) is 0.0757. The van der Waals surface area contributed by atoms with Crippen molar-refractivity contribution in [3.63, 3.8) is 0 Å². The van der Waals surface area contributed by atoms with Gasteiger partial charge in [-0.2, -0.15) is 5.10 Å². The zero-order valence-corrected chi connectivity index (χ0v) is 53.8. The summed E-state index contributed by atoms with van der Waals surface area (Å²) in [5.41, 5.74) is 7.01. The number of aryl methyl sites for hydroxylation is 4. The number of aromatic nitrogens is 4. The number of ether oxygens (including phenoxy) is 4. The Hall–Kier alpha value is -8.57. The Kier molecular flexibility index (Phi) is 22.3. The average Bonchev–Trinajstić information content (AvgIpc) is 2.51. The number of esters is 2. The second-order valence-electron chi connectivity index (χ2n) is 21.8. The molecule has 5 aromatic carbocycles. The molecular weight excluding hydrogens is 1210 g/mol. The van der Waals surface area contributed by atoms with Gasteiger partial charge in [0.2, 0.25) is 11.8 Å². The highest BCUT2D eigenvalue weighted by molar-refractivity contribution is 7.90. The number of carbonyl (C=O) groups excluding carboxylic acids is 3. The second-order valence-corrected chi connectivity index (χ2v) is 24.6. The Labute approximate surface area is 526 Å². The molecule has 21 nitrogen and oxygen atoms in total. The number of halogens is 2. The fourth-order valence-corrected chi connectivity index (χ4v) is 11.6. The van der Waals surface area contributed by atoms with E-state index in [1.54, 1.807) is 23.2 Å². The number of ketones is 1. The van der Waals surface area contributed by atoms with Gasteiger partial charge in [-0.15, -0.1) is 0 Å². The van der Waals surface area contributed by atoms with Crippen LogP contribution in [0.3, 0.4) is 0 Å². The smallest absolute Gasteiger partial charge is 0.356 e. The predicted molar refractivity (Wildman–Crippen MR) is 337 cm³/mol. The number of benzene rings is 5. The van der Waals surface area contributed by atoms with Crippen LogP contribution in [0.4, 0.5) is 0 Å². The van der Waals surface area contributed by atoms with Crippen molar-refractivity contribution in [2.75, 3.05) is 39.8 Å². The Balaban J connectivity index is 0.000000174. The summed E-state index contributed by atoms with van der Waals surface area (Å²) < 4.78 is 50.2. The van der Waals surface area contributed by atoms with Crippen molar-refractivity contribution in [3.8, 4) is 28.6 Å². The molecule has 0 unspecified atom stereocenters. The Morgan fingerprint density at radius 1 is 0.787 bits per heavy atom. The number of sulfone groups is 1. The van der Waals surface area contributed by atoms with E-state index < -0.39 is 38.6 Å². The van der Waals surface area contributed by atoms with Crippen molar-refractivity contribution in [1.82, 2.24) is 19.1 Å². The van der Waals surface area contributed by atoms with Crippen molar-refractivity contribution in [1.29, 1.82) is 0 Å². The maximum absolute atomic E-state index is 13.5. The number of carboxylic acid groups (broad SMARTS) is 1. The Bertz CT molecular complexity index is 3950. The van der Waals surface area contributed by atoms with E-state index in [1.165, 1.54) is 54.9 Å². The largest absolute Gasteiger partial charge is 0.494 e. The van der Waals surface area contributed by atoms with Gasteiger partial charge in [-0.1, -0.05) is 126 Å². The summed E-state index contributed by atoms with van der Waals surface area (Å²) >= 11 is 11.4. The number of carbonyl (C=O) groups is 4. The number of oxime groups is 2. The van der Waals surface area contributed by atoms with E-state index in [2.05, 4.69) is 48.3 Å². The van der Waals surface area contributed by atoms with E-state index in [0.29, 0.717) is 86.4 Å². The van der Waals surface area contributed by atoms with Crippen LogP contribution in [-0.2, 0) is 77.2 Å². The summed E-state index contributed by atoms with van der Waals surface area (Å²) in [6.45, 7) is 17.7. The highest BCUT2D eigenvalue weighted by Crippen LogP contribution is 2.42. The van der Waals surface area contributed by atoms with Crippen LogP contribution in [0.5, 0.6) is 17.5 Å². The minimum Gasteiger partial charge on any atom is -0.494 e. The summed E-state index contributed by atoms with van der Waals surface area (Å²) in [6, 6.07) is 29.6. The maximum atomic E-state index is 13.5. The zero-order chi connectivity index (χ0) is 65.1. The highest BCUT2D eigenvalue weighted by atomic mass is 35.5. The van der Waals surface area contributed by atoms with E-state index in [1.807, 2.05) is 81.4 Å². The van der Waals surface area contributed by atoms with Crippen molar-refractivity contribution in [3.05, 3.63) is 179 Å². The molecule has 89 heavy (non-hydrogen) atoms. The lowest BCUT2D eigenvalue weighted by molar-refractivity contribution is -0.143. The lowest BCUT2D eigenvalue weighted by Gasteiger charge is -2.27. The van der Waals surface area contributed by atoms with Crippen LogP contribution in [0, 0.1) is 19.3 Å². The summed E-state index contributed by atoms with van der Waals surface area (Å²) in [7, 11) is -0.665. The van der Waals surface area contributed by atoms with Crippen LogP contribution in [0.15, 0.2) is 123 Å². The van der Waals surface area contributed by atoms with Crippen molar-refractivity contribution >= 4 is 68.2 Å². The minimum absolute atomic E-state index is 0.0493. The first-order valence-electron chi connectivity index (χ1n) is 28.6. The SMILES string of the molecule is CCOC(=O)C1=NOC(c2ccccc2)(c2ccccc2)C1.CCc1cc(C)cc(CC)c1-c1c(OC(=O)C(C)(C)C)n2n(c1=O)CCOCC2.COc1c(Cl)ccc(Cl)c1C(=O)O.Cc1c(C(=O)c2cnn(C)c2O)ccc(S(C)(=O)=O)c1C1=NOCC1. The van der Waals surface area contributed by atoms with Gasteiger partial charge >= 0.3 is 17.9 Å². The van der Waals surface area contributed by atoms with Crippen LogP contribution < -0.4 is 15.0 Å². The first kappa shape index (κ1) is 67.9. The molecule has 2 aromatic heterocycles. The molecule has 0 fully saturated rings. The first-order valence-corrected chi connectivity index (χ1v) is 31.2. The van der Waals surface area contributed by atoms with E-state index in [9.17, 15) is 37.5 Å². The zero-order valence-electron chi connectivity index (χ0n) is 51.4. The van der Waals surface area contributed by atoms with E-state index in [0.717, 1.165) is 46.9 Å². The molecule has 0 saturated heterocycles. The molecule has 0 spiro atoms. The maximum Gasteiger partial charge on any atom is 0.356 e. The van der Waals surface area contributed by atoms with Gasteiger partial charge in [-0.25, -0.2) is 32.1 Å². The van der Waals surface area contributed by atoms with Gasteiger partial charge in [0.05, 0.1) is 78.7 Å². The molecule has 24 heteroatoms. The Morgan fingerprint density at radius 3 is 1.88 bits per heavy atom. The highest BCUT2D eigenvalue weighted by Gasteiger charge is 2.45. The van der Waals surface area contributed by atoms with E-state index in [-0.39, 0.29) is 54.8 Å². The summed E-state index contributed by atoms with van der Waals surface area (Å²) in [5, 5.41) is 30.8. The molecule has 3 aliphatic heterocycles. The van der Waals surface area contributed by atoms with E-state index >= 15 is 0 Å². The molecule has 0 amide bonds. The number of hydrogen-bond acceptors (Lipinski definition) is 17. The van der Waals surface area contributed by atoms with Crippen molar-refractivity contribution < 1.29 is 66.4 Å². The Morgan fingerprint density at radius 2 is 1.38 bits per heavy atom. The molecule has 0 saturated carbocycles. The first-order chi connectivity index (χ1) is 42.2. The molecule has 472 valence electrons. The molecule has 0 bridgehead atoms. The van der Waals surface area contributed by atoms with Gasteiger partial charge < -0.3 is 38.8 Å². The third-order valence-corrected chi connectivity index (χ3v) is 16.4. The fourth-order valence-electron chi connectivity index (χ4n) is 10.2. The number of aromatic hydroxyl groups is 1. The molecule has 0 radical (unpaired) electrons. The third-order valence-electron chi connectivity index (χ3n) is 14.7. The topological polar surface area (TPSA) is 268 Å². The molecular formula is C65H72Cl2N6O15S. The number of aromatic carboxylic acids is 1. The summed E-state index contributed by atoms with van der Waals surface area (Å²) in [5.74, 6) is -2.20. The third kappa shape index (κ3) is 15.1. The number of hydrogen-bond donors (Lipinski definition) is 2.